The van der Waals surface area contributed by atoms with Gasteiger partial charge in [-0.3, -0.25) is 0 Å². The third-order valence-electron chi connectivity index (χ3n) is 2.32. The molecule has 0 aliphatic rings. The van der Waals surface area contributed by atoms with Crippen LogP contribution < -0.4 is 4.74 Å². The summed E-state index contributed by atoms with van der Waals surface area (Å²) in [6, 6.07) is 8.08. The molecule has 0 N–H and O–H groups in total. The SMILES string of the molecule is C=CC(C)c1ccc(OCCOC)cc1. The Morgan fingerprint density at radius 1 is 1.27 bits per heavy atom. The van der Waals surface area contributed by atoms with Gasteiger partial charge in [-0.2, -0.15) is 0 Å². The minimum absolute atomic E-state index is 0.387. The number of rotatable bonds is 6. The lowest BCUT2D eigenvalue weighted by atomic mass is 10.0. The molecule has 15 heavy (non-hydrogen) atoms. The van der Waals surface area contributed by atoms with E-state index in [2.05, 4.69) is 25.6 Å². The van der Waals surface area contributed by atoms with Crippen LogP contribution in [0.3, 0.4) is 0 Å². The lowest BCUT2D eigenvalue weighted by Crippen LogP contribution is -2.04. The monoisotopic (exact) mass is 206 g/mol. The first-order valence-corrected chi connectivity index (χ1v) is 5.12. The Labute approximate surface area is 91.5 Å². The van der Waals surface area contributed by atoms with Gasteiger partial charge in [0, 0.05) is 7.11 Å². The van der Waals surface area contributed by atoms with Crippen LogP contribution in [0.15, 0.2) is 36.9 Å². The van der Waals surface area contributed by atoms with Crippen molar-refractivity contribution in [2.75, 3.05) is 20.3 Å². The summed E-state index contributed by atoms with van der Waals surface area (Å²) in [5, 5.41) is 0. The fraction of sp³-hybridized carbons (Fsp3) is 0.385. The van der Waals surface area contributed by atoms with E-state index in [1.165, 1.54) is 5.56 Å². The van der Waals surface area contributed by atoms with Crippen molar-refractivity contribution in [2.24, 2.45) is 0 Å². The number of hydrogen-bond donors (Lipinski definition) is 0. The second kappa shape index (κ2) is 6.25. The third-order valence-corrected chi connectivity index (χ3v) is 2.32. The van der Waals surface area contributed by atoms with Crippen molar-refractivity contribution in [2.45, 2.75) is 12.8 Å². The average Bonchev–Trinajstić information content (AvgIpc) is 2.29. The van der Waals surface area contributed by atoms with E-state index in [4.69, 9.17) is 9.47 Å². The first-order valence-electron chi connectivity index (χ1n) is 5.12. The molecule has 0 amide bonds. The number of ether oxygens (including phenoxy) is 2. The van der Waals surface area contributed by atoms with Crippen molar-refractivity contribution >= 4 is 0 Å². The molecule has 2 nitrogen and oxygen atoms in total. The van der Waals surface area contributed by atoms with Crippen LogP contribution in [0.5, 0.6) is 5.75 Å². The van der Waals surface area contributed by atoms with Crippen molar-refractivity contribution < 1.29 is 9.47 Å². The standard InChI is InChI=1S/C13H18O2/c1-4-11(2)12-5-7-13(8-6-12)15-10-9-14-3/h4-8,11H,1,9-10H2,2-3H3. The summed E-state index contributed by atoms with van der Waals surface area (Å²) < 4.78 is 10.4. The van der Waals surface area contributed by atoms with E-state index in [1.807, 2.05) is 18.2 Å². The maximum absolute atomic E-state index is 5.46. The molecule has 2 heteroatoms. The second-order valence-electron chi connectivity index (χ2n) is 3.43. The Morgan fingerprint density at radius 3 is 2.47 bits per heavy atom. The van der Waals surface area contributed by atoms with Gasteiger partial charge in [-0.1, -0.05) is 25.1 Å². The minimum Gasteiger partial charge on any atom is -0.491 e. The topological polar surface area (TPSA) is 18.5 Å². The van der Waals surface area contributed by atoms with Gasteiger partial charge in [0.1, 0.15) is 12.4 Å². The molecule has 1 atom stereocenters. The molecule has 0 aromatic heterocycles. The fourth-order valence-corrected chi connectivity index (χ4v) is 1.25. The van der Waals surface area contributed by atoms with Crippen LogP contribution in [0.1, 0.15) is 18.4 Å². The number of allylic oxidation sites excluding steroid dienone is 1. The Kier molecular flexibility index (Phi) is 4.91. The Balaban J connectivity index is 2.52. The zero-order valence-corrected chi connectivity index (χ0v) is 9.40. The number of hydrogen-bond acceptors (Lipinski definition) is 2. The third kappa shape index (κ3) is 3.76. The van der Waals surface area contributed by atoms with Gasteiger partial charge in [0.25, 0.3) is 0 Å². The summed E-state index contributed by atoms with van der Waals surface area (Å²) in [5.74, 6) is 1.27. The number of benzene rings is 1. The Morgan fingerprint density at radius 2 is 1.93 bits per heavy atom. The smallest absolute Gasteiger partial charge is 0.119 e. The molecule has 82 valence electrons. The van der Waals surface area contributed by atoms with Gasteiger partial charge in [-0.25, -0.2) is 0 Å². The number of methoxy groups -OCH3 is 1. The lowest BCUT2D eigenvalue weighted by molar-refractivity contribution is 0.146. The molecule has 0 saturated carbocycles. The summed E-state index contributed by atoms with van der Waals surface area (Å²) >= 11 is 0. The highest BCUT2D eigenvalue weighted by Gasteiger charge is 2.00. The predicted octanol–water partition coefficient (Wildman–Crippen LogP) is 3.00. The van der Waals surface area contributed by atoms with Crippen molar-refractivity contribution in [1.29, 1.82) is 0 Å². The molecule has 1 aromatic carbocycles. The Hall–Kier alpha value is -1.28. The molecule has 0 aliphatic heterocycles. The van der Waals surface area contributed by atoms with Crippen LogP contribution in [-0.4, -0.2) is 20.3 Å². The van der Waals surface area contributed by atoms with Gasteiger partial charge in [-0.15, -0.1) is 6.58 Å². The predicted molar refractivity (Wildman–Crippen MR) is 62.4 cm³/mol. The summed E-state index contributed by atoms with van der Waals surface area (Å²) in [6.07, 6.45) is 1.93. The van der Waals surface area contributed by atoms with Crippen molar-refractivity contribution in [3.05, 3.63) is 42.5 Å². The molecular formula is C13H18O2. The fourth-order valence-electron chi connectivity index (χ4n) is 1.25. The highest BCUT2D eigenvalue weighted by molar-refractivity contribution is 5.30. The molecule has 1 unspecified atom stereocenters. The summed E-state index contributed by atoms with van der Waals surface area (Å²) in [4.78, 5) is 0. The van der Waals surface area contributed by atoms with E-state index in [9.17, 15) is 0 Å². The zero-order valence-electron chi connectivity index (χ0n) is 9.40. The van der Waals surface area contributed by atoms with E-state index < -0.39 is 0 Å². The molecule has 1 rings (SSSR count). The van der Waals surface area contributed by atoms with Gasteiger partial charge in [0.05, 0.1) is 6.61 Å². The summed E-state index contributed by atoms with van der Waals surface area (Å²) in [5.41, 5.74) is 1.25. The van der Waals surface area contributed by atoms with Gasteiger partial charge in [-0.05, 0) is 23.6 Å². The summed E-state index contributed by atoms with van der Waals surface area (Å²) in [6.45, 7) is 7.10. The molecule has 0 bridgehead atoms. The quantitative estimate of drug-likeness (QED) is 0.526. The zero-order chi connectivity index (χ0) is 11.1. The van der Waals surface area contributed by atoms with E-state index >= 15 is 0 Å². The van der Waals surface area contributed by atoms with Crippen molar-refractivity contribution in [3.8, 4) is 5.75 Å². The first kappa shape index (κ1) is 11.8. The van der Waals surface area contributed by atoms with Crippen LogP contribution in [-0.2, 0) is 4.74 Å². The van der Waals surface area contributed by atoms with E-state index in [1.54, 1.807) is 7.11 Å². The average molecular weight is 206 g/mol. The van der Waals surface area contributed by atoms with E-state index in [-0.39, 0.29) is 0 Å². The largest absolute Gasteiger partial charge is 0.491 e. The van der Waals surface area contributed by atoms with Gasteiger partial charge < -0.3 is 9.47 Å². The normalized spacial score (nSPS) is 12.1. The van der Waals surface area contributed by atoms with Gasteiger partial charge in [0.2, 0.25) is 0 Å². The molecule has 1 aromatic rings. The first-order chi connectivity index (χ1) is 7.27. The van der Waals surface area contributed by atoms with Gasteiger partial charge >= 0.3 is 0 Å². The minimum atomic E-state index is 0.387. The molecule has 0 heterocycles. The second-order valence-corrected chi connectivity index (χ2v) is 3.43. The van der Waals surface area contributed by atoms with Crippen LogP contribution in [0, 0.1) is 0 Å². The molecule has 0 saturated heterocycles. The van der Waals surface area contributed by atoms with Crippen molar-refractivity contribution in [1.82, 2.24) is 0 Å². The van der Waals surface area contributed by atoms with Gasteiger partial charge in [0.15, 0.2) is 0 Å². The molecular weight excluding hydrogens is 188 g/mol. The van der Waals surface area contributed by atoms with Crippen LogP contribution in [0.2, 0.25) is 0 Å². The highest BCUT2D eigenvalue weighted by atomic mass is 16.5. The van der Waals surface area contributed by atoms with E-state index in [0.717, 1.165) is 5.75 Å². The Bertz CT molecular complexity index is 290. The van der Waals surface area contributed by atoms with E-state index in [0.29, 0.717) is 19.1 Å². The molecule has 0 radical (unpaired) electrons. The lowest BCUT2D eigenvalue weighted by Gasteiger charge is -2.08. The van der Waals surface area contributed by atoms with Crippen molar-refractivity contribution in [3.63, 3.8) is 0 Å². The van der Waals surface area contributed by atoms with Crippen LogP contribution in [0.25, 0.3) is 0 Å². The van der Waals surface area contributed by atoms with Crippen LogP contribution in [0.4, 0.5) is 0 Å². The maximum Gasteiger partial charge on any atom is 0.119 e. The highest BCUT2D eigenvalue weighted by Crippen LogP contribution is 2.19. The maximum atomic E-state index is 5.46. The molecule has 0 spiro atoms. The molecule has 0 fully saturated rings. The van der Waals surface area contributed by atoms with Crippen LogP contribution >= 0.6 is 0 Å². The molecule has 0 aliphatic carbocycles. The summed E-state index contributed by atoms with van der Waals surface area (Å²) in [7, 11) is 1.66.